The summed E-state index contributed by atoms with van der Waals surface area (Å²) in [4.78, 5) is 26.7. The third kappa shape index (κ3) is 4.10. The highest BCUT2D eigenvalue weighted by atomic mass is 32.2. The number of anilines is 1. The maximum Gasteiger partial charge on any atom is 0.331 e. The topological polar surface area (TPSA) is 98.8 Å². The van der Waals surface area contributed by atoms with E-state index in [9.17, 15) is 18.0 Å². The molecule has 0 aromatic heterocycles. The Kier molecular flexibility index (Phi) is 5.17. The quantitative estimate of drug-likeness (QED) is 0.763. The van der Waals surface area contributed by atoms with Crippen molar-refractivity contribution in [1.29, 1.82) is 0 Å². The van der Waals surface area contributed by atoms with Gasteiger partial charge in [0.1, 0.15) is 0 Å². The lowest BCUT2D eigenvalue weighted by molar-refractivity contribution is 0.235. The van der Waals surface area contributed by atoms with E-state index in [-0.39, 0.29) is 23.0 Å². The van der Waals surface area contributed by atoms with Crippen LogP contribution in [-0.2, 0) is 16.4 Å². The fraction of sp³-hybridized carbons (Fsp3) is 0.364. The van der Waals surface area contributed by atoms with Crippen LogP contribution < -0.4 is 15.5 Å². The van der Waals surface area contributed by atoms with Crippen LogP contribution in [0.25, 0.3) is 0 Å². The second-order valence-electron chi connectivity index (χ2n) is 8.82. The third-order valence-electron chi connectivity index (χ3n) is 5.34. The van der Waals surface area contributed by atoms with Crippen molar-refractivity contribution in [2.24, 2.45) is 0 Å². The summed E-state index contributed by atoms with van der Waals surface area (Å²) >= 11 is 0. The van der Waals surface area contributed by atoms with E-state index in [0.29, 0.717) is 18.7 Å². The molecule has 1 atom stereocenters. The molecule has 2 aromatic carbocycles. The van der Waals surface area contributed by atoms with Gasteiger partial charge >= 0.3 is 12.1 Å². The first-order valence-corrected chi connectivity index (χ1v) is 11.6. The number of nitrogens with zero attached hydrogens (tertiary/aromatic N) is 2. The monoisotopic (exact) mass is 442 g/mol. The molecular formula is C22H26N4O4S. The number of nitrogens with one attached hydrogen (secondary N) is 2. The summed E-state index contributed by atoms with van der Waals surface area (Å²) < 4.78 is 27.3. The van der Waals surface area contributed by atoms with Gasteiger partial charge in [0.25, 0.3) is 10.0 Å². The van der Waals surface area contributed by atoms with E-state index in [2.05, 4.69) is 10.6 Å². The number of fused-ring (bicyclic) bond motifs is 1. The largest absolute Gasteiger partial charge is 0.333 e. The van der Waals surface area contributed by atoms with Gasteiger partial charge in [0.15, 0.2) is 0 Å². The number of amides is 4. The average molecular weight is 443 g/mol. The van der Waals surface area contributed by atoms with E-state index in [4.69, 9.17) is 0 Å². The van der Waals surface area contributed by atoms with Crippen LogP contribution in [0.15, 0.2) is 53.4 Å². The highest BCUT2D eigenvalue weighted by molar-refractivity contribution is 7.89. The first-order valence-electron chi connectivity index (χ1n) is 10.2. The van der Waals surface area contributed by atoms with Crippen molar-refractivity contribution >= 4 is 27.8 Å². The van der Waals surface area contributed by atoms with Crippen molar-refractivity contribution in [2.45, 2.75) is 43.7 Å². The van der Waals surface area contributed by atoms with E-state index >= 15 is 0 Å². The lowest BCUT2D eigenvalue weighted by Crippen LogP contribution is -2.48. The zero-order valence-electron chi connectivity index (χ0n) is 17.8. The van der Waals surface area contributed by atoms with Crippen LogP contribution in [0.3, 0.4) is 0 Å². The molecule has 4 rings (SSSR count). The van der Waals surface area contributed by atoms with Gasteiger partial charge < -0.3 is 10.6 Å². The van der Waals surface area contributed by atoms with E-state index in [1.807, 2.05) is 51.1 Å². The zero-order valence-corrected chi connectivity index (χ0v) is 18.6. The van der Waals surface area contributed by atoms with Gasteiger partial charge in [-0.2, -0.15) is 0 Å². The fourth-order valence-corrected chi connectivity index (χ4v) is 5.26. The Balaban J connectivity index is 1.56. The van der Waals surface area contributed by atoms with Crippen molar-refractivity contribution < 1.29 is 18.0 Å². The number of hydrogen-bond donors (Lipinski definition) is 2. The number of benzene rings is 2. The number of carbonyl (C=O) groups excluding carboxylic acids is 2. The van der Waals surface area contributed by atoms with Crippen LogP contribution in [0.5, 0.6) is 0 Å². The second-order valence-corrected chi connectivity index (χ2v) is 10.7. The molecule has 0 radical (unpaired) electrons. The molecule has 4 amide bonds. The van der Waals surface area contributed by atoms with Crippen molar-refractivity contribution in [3.8, 4) is 0 Å². The van der Waals surface area contributed by atoms with Crippen LogP contribution in [0.4, 0.5) is 15.3 Å². The van der Waals surface area contributed by atoms with E-state index in [1.54, 1.807) is 17.0 Å². The maximum absolute atomic E-state index is 13.2. The Morgan fingerprint density at radius 2 is 1.84 bits per heavy atom. The van der Waals surface area contributed by atoms with Crippen molar-refractivity contribution in [2.75, 3.05) is 18.0 Å². The van der Waals surface area contributed by atoms with Crippen molar-refractivity contribution in [1.82, 2.24) is 14.9 Å². The summed E-state index contributed by atoms with van der Waals surface area (Å²) in [6.45, 7) is 6.22. The summed E-state index contributed by atoms with van der Waals surface area (Å²) in [6, 6.07) is 12.7. The van der Waals surface area contributed by atoms with Gasteiger partial charge in [0, 0.05) is 17.8 Å². The van der Waals surface area contributed by atoms with E-state index in [1.165, 1.54) is 6.07 Å². The molecular weight excluding hydrogens is 416 g/mol. The minimum Gasteiger partial charge on any atom is -0.333 e. The standard InChI is InChI=1S/C22H26N4O4S/c1-22(2,3)24-21(28)25-12-11-16-13-17(9-10-19(16)25)31(29,30)26-14-18(23-20(26)27)15-7-5-4-6-8-15/h4-10,13,18H,11-12,14H2,1-3H3,(H,23,27)(H,24,28). The van der Waals surface area contributed by atoms with Gasteiger partial charge in [-0.25, -0.2) is 22.3 Å². The molecule has 2 N–H and O–H groups in total. The van der Waals surface area contributed by atoms with Crippen LogP contribution in [0.1, 0.15) is 37.9 Å². The summed E-state index contributed by atoms with van der Waals surface area (Å²) in [5.41, 5.74) is 1.93. The van der Waals surface area contributed by atoms with Crippen LogP contribution >= 0.6 is 0 Å². The van der Waals surface area contributed by atoms with Crippen LogP contribution in [-0.4, -0.2) is 43.4 Å². The molecule has 31 heavy (non-hydrogen) atoms. The van der Waals surface area contributed by atoms with Gasteiger partial charge in [-0.05, 0) is 56.5 Å². The van der Waals surface area contributed by atoms with E-state index in [0.717, 1.165) is 15.4 Å². The third-order valence-corrected chi connectivity index (χ3v) is 7.08. The second kappa shape index (κ2) is 7.56. The minimum absolute atomic E-state index is 0.0301. The molecule has 9 heteroatoms. The number of hydrogen-bond acceptors (Lipinski definition) is 4. The summed E-state index contributed by atoms with van der Waals surface area (Å²) in [6.07, 6.45) is 0.551. The Morgan fingerprint density at radius 3 is 2.52 bits per heavy atom. The molecule has 0 bridgehead atoms. The fourth-order valence-electron chi connectivity index (χ4n) is 3.86. The van der Waals surface area contributed by atoms with Gasteiger partial charge in [-0.15, -0.1) is 0 Å². The Bertz CT molecular complexity index is 1130. The van der Waals surface area contributed by atoms with Crippen molar-refractivity contribution in [3.05, 3.63) is 59.7 Å². The normalized spacial score (nSPS) is 18.7. The molecule has 0 spiro atoms. The van der Waals surface area contributed by atoms with Gasteiger partial charge in [0.2, 0.25) is 0 Å². The molecule has 1 saturated heterocycles. The molecule has 2 aliphatic rings. The summed E-state index contributed by atoms with van der Waals surface area (Å²) in [5.74, 6) is 0. The molecule has 8 nitrogen and oxygen atoms in total. The Morgan fingerprint density at radius 1 is 1.13 bits per heavy atom. The first-order chi connectivity index (χ1) is 14.6. The molecule has 164 valence electrons. The highest BCUT2D eigenvalue weighted by Gasteiger charge is 2.39. The molecule has 2 aliphatic heterocycles. The highest BCUT2D eigenvalue weighted by Crippen LogP contribution is 2.33. The van der Waals surface area contributed by atoms with Crippen LogP contribution in [0.2, 0.25) is 0 Å². The van der Waals surface area contributed by atoms with Gasteiger partial charge in [0.05, 0.1) is 17.5 Å². The van der Waals surface area contributed by atoms with E-state index < -0.39 is 22.1 Å². The summed E-state index contributed by atoms with van der Waals surface area (Å²) in [5, 5.41) is 5.66. The van der Waals surface area contributed by atoms with Crippen LogP contribution in [0, 0.1) is 0 Å². The lowest BCUT2D eigenvalue weighted by atomic mass is 10.1. The molecule has 1 fully saturated rings. The molecule has 2 aromatic rings. The average Bonchev–Trinajstić information content (AvgIpc) is 3.31. The lowest BCUT2D eigenvalue weighted by Gasteiger charge is -2.26. The van der Waals surface area contributed by atoms with Crippen molar-refractivity contribution in [3.63, 3.8) is 0 Å². The first kappa shape index (κ1) is 21.2. The number of urea groups is 2. The minimum atomic E-state index is -4.01. The molecule has 0 saturated carbocycles. The smallest absolute Gasteiger partial charge is 0.331 e. The Labute approximate surface area is 182 Å². The van der Waals surface area contributed by atoms with Gasteiger partial charge in [-0.3, -0.25) is 4.90 Å². The number of rotatable bonds is 3. The predicted octanol–water partition coefficient (Wildman–Crippen LogP) is 3.01. The van der Waals surface area contributed by atoms with Gasteiger partial charge in [-0.1, -0.05) is 30.3 Å². The number of sulfonamides is 1. The summed E-state index contributed by atoms with van der Waals surface area (Å²) in [7, 11) is -4.01. The zero-order chi connectivity index (χ0) is 22.4. The predicted molar refractivity (Wildman–Crippen MR) is 117 cm³/mol. The number of carbonyl (C=O) groups is 2. The maximum atomic E-state index is 13.2. The Hall–Kier alpha value is -3.07. The SMILES string of the molecule is CC(C)(C)NC(=O)N1CCc2cc(S(=O)(=O)N3CC(c4ccccc4)NC3=O)ccc21. The molecule has 1 unspecified atom stereocenters. The molecule has 2 heterocycles. The molecule has 0 aliphatic carbocycles.